The second-order valence-corrected chi connectivity index (χ2v) is 4.04. The van der Waals surface area contributed by atoms with E-state index < -0.39 is 0 Å². The molecule has 0 N–H and O–H groups in total. The van der Waals surface area contributed by atoms with Crippen molar-refractivity contribution in [1.82, 2.24) is 4.90 Å². The molecule has 0 saturated carbocycles. The summed E-state index contributed by atoms with van der Waals surface area (Å²) in [5.41, 5.74) is 2.31. The van der Waals surface area contributed by atoms with Gasteiger partial charge in [-0.15, -0.1) is 0 Å². The summed E-state index contributed by atoms with van der Waals surface area (Å²) < 4.78 is 0. The van der Waals surface area contributed by atoms with Crippen molar-refractivity contribution in [2.45, 2.75) is 0 Å². The Morgan fingerprint density at radius 3 is 1.83 bits per heavy atom. The molecule has 0 unspecified atom stereocenters. The molecule has 2 nitrogen and oxygen atoms in total. The minimum atomic E-state index is -0.0514. The minimum absolute atomic E-state index is 0.0514. The van der Waals surface area contributed by atoms with Crippen LogP contribution in [0.4, 0.5) is 0 Å². The van der Waals surface area contributed by atoms with Gasteiger partial charge in [0.2, 0.25) is 0 Å². The molecule has 0 aliphatic heterocycles. The molecule has 90 valence electrons. The molecule has 2 rings (SSSR count). The lowest BCUT2D eigenvalue weighted by molar-refractivity contribution is 0.0861. The number of benzene rings is 2. The van der Waals surface area contributed by atoms with Crippen molar-refractivity contribution in [3.63, 3.8) is 0 Å². The zero-order valence-electron chi connectivity index (χ0n) is 10.3. The average molecular weight is 237 g/mol. The van der Waals surface area contributed by atoms with Crippen molar-refractivity contribution in [3.05, 3.63) is 78.4 Å². The molecule has 0 radical (unpaired) electrons. The number of carbonyl (C=O) groups excluding carboxylic acids is 1. The lowest BCUT2D eigenvalue weighted by atomic mass is 10.1. The van der Waals surface area contributed by atoms with Crippen molar-refractivity contribution in [2.24, 2.45) is 0 Å². The Bertz CT molecular complexity index is 494. The largest absolute Gasteiger partial charge is 0.311 e. The smallest absolute Gasteiger partial charge is 0.258 e. The monoisotopic (exact) mass is 237 g/mol. The Balaban J connectivity index is 2.20. The van der Waals surface area contributed by atoms with E-state index in [1.54, 1.807) is 24.1 Å². The Kier molecular flexibility index (Phi) is 3.58. The van der Waals surface area contributed by atoms with E-state index in [1.807, 2.05) is 48.5 Å². The summed E-state index contributed by atoms with van der Waals surface area (Å²) in [7, 11) is 1.74. The highest BCUT2D eigenvalue weighted by molar-refractivity contribution is 5.99. The van der Waals surface area contributed by atoms with E-state index in [-0.39, 0.29) is 5.91 Å². The van der Waals surface area contributed by atoms with Crippen LogP contribution in [0.2, 0.25) is 0 Å². The van der Waals surface area contributed by atoms with Gasteiger partial charge in [0.15, 0.2) is 0 Å². The zero-order chi connectivity index (χ0) is 13.0. The van der Waals surface area contributed by atoms with Crippen LogP contribution < -0.4 is 0 Å². The molecule has 1 amide bonds. The van der Waals surface area contributed by atoms with Gasteiger partial charge in [-0.1, -0.05) is 55.1 Å². The van der Waals surface area contributed by atoms with Crippen LogP contribution in [-0.4, -0.2) is 17.9 Å². The molecular weight excluding hydrogens is 222 g/mol. The predicted molar refractivity (Wildman–Crippen MR) is 74.0 cm³/mol. The van der Waals surface area contributed by atoms with Crippen molar-refractivity contribution in [3.8, 4) is 0 Å². The molecule has 0 aliphatic carbocycles. The summed E-state index contributed by atoms with van der Waals surface area (Å²) in [4.78, 5) is 13.8. The topological polar surface area (TPSA) is 20.3 Å². The Labute approximate surface area is 107 Å². The van der Waals surface area contributed by atoms with Crippen molar-refractivity contribution < 1.29 is 4.79 Å². The fourth-order valence-electron chi connectivity index (χ4n) is 1.72. The molecule has 0 spiro atoms. The normalized spacial score (nSPS) is 9.83. The van der Waals surface area contributed by atoms with Gasteiger partial charge in [0.1, 0.15) is 0 Å². The molecule has 0 heterocycles. The second kappa shape index (κ2) is 5.32. The highest BCUT2D eigenvalue weighted by Crippen LogP contribution is 2.17. The maximum absolute atomic E-state index is 12.2. The summed E-state index contributed by atoms with van der Waals surface area (Å²) >= 11 is 0. The molecule has 0 atom stereocenters. The molecule has 0 aliphatic rings. The minimum Gasteiger partial charge on any atom is -0.311 e. The third-order valence-electron chi connectivity index (χ3n) is 2.84. The number of carbonyl (C=O) groups is 1. The molecule has 2 heteroatoms. The Morgan fingerprint density at radius 2 is 1.33 bits per heavy atom. The molecule has 2 aromatic rings. The Morgan fingerprint density at radius 1 is 0.889 bits per heavy atom. The quantitative estimate of drug-likeness (QED) is 0.801. The fraction of sp³-hybridized carbons (Fsp3) is 0.0625. The first-order chi connectivity index (χ1) is 8.70. The van der Waals surface area contributed by atoms with Gasteiger partial charge in [0.25, 0.3) is 5.91 Å². The predicted octanol–water partition coefficient (Wildman–Crippen LogP) is 3.43. The van der Waals surface area contributed by atoms with E-state index in [1.165, 1.54) is 0 Å². The van der Waals surface area contributed by atoms with Crippen LogP contribution in [0.5, 0.6) is 0 Å². The number of rotatable bonds is 3. The number of hydrogen-bond donors (Lipinski definition) is 0. The van der Waals surface area contributed by atoms with Crippen molar-refractivity contribution >= 4 is 11.6 Å². The summed E-state index contributed by atoms with van der Waals surface area (Å²) in [5, 5.41) is 0. The van der Waals surface area contributed by atoms with Gasteiger partial charge in [-0.25, -0.2) is 0 Å². The maximum atomic E-state index is 12.2. The number of hydrogen-bond acceptors (Lipinski definition) is 1. The van der Waals surface area contributed by atoms with Crippen molar-refractivity contribution in [1.29, 1.82) is 0 Å². The van der Waals surface area contributed by atoms with Crippen LogP contribution in [0.25, 0.3) is 5.70 Å². The van der Waals surface area contributed by atoms with Crippen molar-refractivity contribution in [2.75, 3.05) is 7.05 Å². The fourth-order valence-corrected chi connectivity index (χ4v) is 1.72. The summed E-state index contributed by atoms with van der Waals surface area (Å²) in [6.07, 6.45) is 0. The lowest BCUT2D eigenvalue weighted by Crippen LogP contribution is -2.24. The Hall–Kier alpha value is -2.35. The van der Waals surface area contributed by atoms with E-state index in [9.17, 15) is 4.79 Å². The van der Waals surface area contributed by atoms with Crippen LogP contribution in [0.15, 0.2) is 67.2 Å². The summed E-state index contributed by atoms with van der Waals surface area (Å²) in [6, 6.07) is 18.9. The molecule has 0 fully saturated rings. The van der Waals surface area contributed by atoms with Crippen LogP contribution in [0, 0.1) is 0 Å². The molecular formula is C16H15NO. The van der Waals surface area contributed by atoms with E-state index >= 15 is 0 Å². The lowest BCUT2D eigenvalue weighted by Gasteiger charge is -2.20. The van der Waals surface area contributed by atoms with Gasteiger partial charge in [0.05, 0.1) is 0 Å². The van der Waals surface area contributed by atoms with E-state index in [2.05, 4.69) is 6.58 Å². The zero-order valence-corrected chi connectivity index (χ0v) is 10.3. The molecule has 0 aromatic heterocycles. The highest BCUT2D eigenvalue weighted by Gasteiger charge is 2.14. The standard InChI is InChI=1S/C16H15NO/c1-13(14-9-5-3-6-10-14)17(2)16(18)15-11-7-4-8-12-15/h3-12H,1H2,2H3. The second-order valence-electron chi connectivity index (χ2n) is 4.04. The van der Waals surface area contributed by atoms with Gasteiger partial charge in [0, 0.05) is 18.3 Å². The molecule has 2 aromatic carbocycles. The van der Waals surface area contributed by atoms with Gasteiger partial charge in [-0.2, -0.15) is 0 Å². The van der Waals surface area contributed by atoms with E-state index in [4.69, 9.17) is 0 Å². The van der Waals surface area contributed by atoms with Crippen LogP contribution in [0.1, 0.15) is 15.9 Å². The number of amides is 1. The molecule has 0 bridgehead atoms. The third-order valence-corrected chi connectivity index (χ3v) is 2.84. The molecule has 18 heavy (non-hydrogen) atoms. The third kappa shape index (κ3) is 2.48. The van der Waals surface area contributed by atoms with Gasteiger partial charge >= 0.3 is 0 Å². The maximum Gasteiger partial charge on any atom is 0.258 e. The van der Waals surface area contributed by atoms with Crippen LogP contribution in [-0.2, 0) is 0 Å². The average Bonchev–Trinajstić information content (AvgIpc) is 2.47. The SMILES string of the molecule is C=C(c1ccccc1)N(C)C(=O)c1ccccc1. The first-order valence-corrected chi connectivity index (χ1v) is 5.77. The first kappa shape index (κ1) is 12.1. The van der Waals surface area contributed by atoms with Crippen LogP contribution >= 0.6 is 0 Å². The van der Waals surface area contributed by atoms with E-state index in [0.29, 0.717) is 11.3 Å². The first-order valence-electron chi connectivity index (χ1n) is 5.77. The summed E-state index contributed by atoms with van der Waals surface area (Å²) in [5.74, 6) is -0.0514. The van der Waals surface area contributed by atoms with Gasteiger partial charge in [-0.05, 0) is 17.7 Å². The summed E-state index contributed by atoms with van der Waals surface area (Å²) in [6.45, 7) is 3.98. The van der Waals surface area contributed by atoms with Gasteiger partial charge < -0.3 is 4.90 Å². The highest BCUT2D eigenvalue weighted by atomic mass is 16.2. The molecule has 0 saturated heterocycles. The van der Waals surface area contributed by atoms with Gasteiger partial charge in [-0.3, -0.25) is 4.79 Å². The van der Waals surface area contributed by atoms with Crippen LogP contribution in [0.3, 0.4) is 0 Å². The van der Waals surface area contributed by atoms with E-state index in [0.717, 1.165) is 5.56 Å². The number of nitrogens with zero attached hydrogens (tertiary/aromatic N) is 1.